The summed E-state index contributed by atoms with van der Waals surface area (Å²) in [7, 11) is 4.01. The third-order valence-corrected chi connectivity index (χ3v) is 5.12. The molecule has 0 aromatic rings. The number of rotatable bonds is 5. The van der Waals surface area contributed by atoms with Gasteiger partial charge in [-0.3, -0.25) is 9.69 Å². The van der Waals surface area contributed by atoms with Crippen molar-refractivity contribution >= 4 is 5.91 Å². The first kappa shape index (κ1) is 14.8. The van der Waals surface area contributed by atoms with Crippen LogP contribution in [-0.2, 0) is 4.79 Å². The molecule has 0 aromatic carbocycles. The lowest BCUT2D eigenvalue weighted by Crippen LogP contribution is -2.57. The lowest BCUT2D eigenvalue weighted by molar-refractivity contribution is -0.133. The van der Waals surface area contributed by atoms with E-state index in [4.69, 9.17) is 5.73 Å². The first-order valence-corrected chi connectivity index (χ1v) is 7.65. The molecule has 2 N–H and O–H groups in total. The molecule has 19 heavy (non-hydrogen) atoms. The van der Waals surface area contributed by atoms with E-state index in [1.165, 1.54) is 25.7 Å². The molecule has 0 bridgehead atoms. The van der Waals surface area contributed by atoms with E-state index in [2.05, 4.69) is 18.9 Å². The van der Waals surface area contributed by atoms with Crippen LogP contribution in [0.3, 0.4) is 0 Å². The molecule has 4 nitrogen and oxygen atoms in total. The average molecular weight is 267 g/mol. The molecule has 0 spiro atoms. The van der Waals surface area contributed by atoms with Crippen LogP contribution in [0.2, 0.25) is 0 Å². The van der Waals surface area contributed by atoms with Crippen molar-refractivity contribution in [3.8, 4) is 0 Å². The van der Waals surface area contributed by atoms with Crippen LogP contribution in [-0.4, -0.2) is 54.5 Å². The third kappa shape index (κ3) is 3.29. The highest BCUT2D eigenvalue weighted by molar-refractivity contribution is 5.78. The third-order valence-electron chi connectivity index (χ3n) is 5.12. The van der Waals surface area contributed by atoms with Crippen molar-refractivity contribution in [1.82, 2.24) is 9.80 Å². The lowest BCUT2D eigenvalue weighted by Gasteiger charge is -2.46. The quantitative estimate of drug-likeness (QED) is 0.820. The van der Waals surface area contributed by atoms with Crippen molar-refractivity contribution < 1.29 is 4.79 Å². The van der Waals surface area contributed by atoms with Gasteiger partial charge < -0.3 is 10.6 Å². The number of hydrogen-bond acceptors (Lipinski definition) is 3. The number of amides is 1. The Morgan fingerprint density at radius 2 is 2.00 bits per heavy atom. The second-order valence-corrected chi connectivity index (χ2v) is 6.72. The van der Waals surface area contributed by atoms with Gasteiger partial charge in [0.05, 0.1) is 6.54 Å². The number of nitrogens with zero attached hydrogens (tertiary/aromatic N) is 2. The molecule has 0 saturated heterocycles. The monoisotopic (exact) mass is 267 g/mol. The zero-order chi connectivity index (χ0) is 14.0. The molecule has 2 rings (SSSR count). The summed E-state index contributed by atoms with van der Waals surface area (Å²) < 4.78 is 0. The minimum Gasteiger partial charge on any atom is -0.342 e. The second-order valence-electron chi connectivity index (χ2n) is 6.72. The van der Waals surface area contributed by atoms with E-state index in [9.17, 15) is 4.79 Å². The van der Waals surface area contributed by atoms with Crippen LogP contribution in [0, 0.1) is 5.92 Å². The van der Waals surface area contributed by atoms with E-state index in [-0.39, 0.29) is 11.4 Å². The molecular weight excluding hydrogens is 238 g/mol. The fourth-order valence-electron chi connectivity index (χ4n) is 3.47. The predicted octanol–water partition coefficient (Wildman–Crippen LogP) is 1.45. The summed E-state index contributed by atoms with van der Waals surface area (Å²) in [4.78, 5) is 16.4. The van der Waals surface area contributed by atoms with Gasteiger partial charge in [0, 0.05) is 25.2 Å². The molecule has 2 unspecified atom stereocenters. The summed E-state index contributed by atoms with van der Waals surface area (Å²) in [6.07, 6.45) is 7.13. The second kappa shape index (κ2) is 5.80. The van der Waals surface area contributed by atoms with E-state index in [0.29, 0.717) is 19.1 Å². The SMILES string of the molecule is CC1CCCC(CN)(N(C)CC(=O)N(C)C2CC2)C1. The standard InChI is InChI=1S/C15H29N3O/c1-12-5-4-8-15(9-12,11-16)17(2)10-14(19)18(3)13-6-7-13/h12-13H,4-11,16H2,1-3H3. The van der Waals surface area contributed by atoms with E-state index < -0.39 is 0 Å². The topological polar surface area (TPSA) is 49.6 Å². The number of carbonyl (C=O) groups is 1. The first-order valence-electron chi connectivity index (χ1n) is 7.65. The van der Waals surface area contributed by atoms with Gasteiger partial charge >= 0.3 is 0 Å². The maximum Gasteiger partial charge on any atom is 0.236 e. The summed E-state index contributed by atoms with van der Waals surface area (Å²) in [5, 5.41) is 0. The lowest BCUT2D eigenvalue weighted by atomic mass is 9.75. The molecule has 2 aliphatic rings. The van der Waals surface area contributed by atoms with Gasteiger partial charge in [0.25, 0.3) is 0 Å². The van der Waals surface area contributed by atoms with Gasteiger partial charge in [-0.05, 0) is 38.6 Å². The number of carbonyl (C=O) groups excluding carboxylic acids is 1. The molecule has 2 aliphatic carbocycles. The number of nitrogens with two attached hydrogens (primary N) is 1. The van der Waals surface area contributed by atoms with Crippen LogP contribution in [0.5, 0.6) is 0 Å². The van der Waals surface area contributed by atoms with Crippen molar-refractivity contribution in [2.45, 2.75) is 57.0 Å². The molecule has 4 heteroatoms. The van der Waals surface area contributed by atoms with Crippen molar-refractivity contribution in [3.63, 3.8) is 0 Å². The van der Waals surface area contributed by atoms with Crippen LogP contribution in [0.4, 0.5) is 0 Å². The largest absolute Gasteiger partial charge is 0.342 e. The predicted molar refractivity (Wildman–Crippen MR) is 77.8 cm³/mol. The maximum absolute atomic E-state index is 12.3. The fourth-order valence-corrected chi connectivity index (χ4v) is 3.47. The van der Waals surface area contributed by atoms with Gasteiger partial charge in [0.15, 0.2) is 0 Å². The Hall–Kier alpha value is -0.610. The Bertz CT molecular complexity index is 329. The summed E-state index contributed by atoms with van der Waals surface area (Å²) in [6, 6.07) is 0.500. The Morgan fingerprint density at radius 1 is 1.32 bits per heavy atom. The van der Waals surface area contributed by atoms with Gasteiger partial charge in [-0.25, -0.2) is 0 Å². The highest BCUT2D eigenvalue weighted by Gasteiger charge is 2.39. The Morgan fingerprint density at radius 3 is 2.53 bits per heavy atom. The van der Waals surface area contributed by atoms with E-state index in [1.54, 1.807) is 0 Å². The van der Waals surface area contributed by atoms with Gasteiger partial charge in [-0.15, -0.1) is 0 Å². The Kier molecular flexibility index (Phi) is 4.51. The maximum atomic E-state index is 12.3. The molecule has 0 aromatic heterocycles. The normalized spacial score (nSPS) is 31.5. The van der Waals surface area contributed by atoms with Crippen LogP contribution in [0.15, 0.2) is 0 Å². The fraction of sp³-hybridized carbons (Fsp3) is 0.933. The van der Waals surface area contributed by atoms with Crippen molar-refractivity contribution in [2.75, 3.05) is 27.2 Å². The summed E-state index contributed by atoms with van der Waals surface area (Å²) >= 11 is 0. The molecule has 2 atom stereocenters. The molecule has 1 amide bonds. The molecule has 0 radical (unpaired) electrons. The highest BCUT2D eigenvalue weighted by atomic mass is 16.2. The summed E-state index contributed by atoms with van der Waals surface area (Å²) in [6.45, 7) is 3.47. The number of hydrogen-bond donors (Lipinski definition) is 1. The highest BCUT2D eigenvalue weighted by Crippen LogP contribution is 2.35. The summed E-state index contributed by atoms with van der Waals surface area (Å²) in [5.41, 5.74) is 6.10. The average Bonchev–Trinajstić information content (AvgIpc) is 3.21. The molecule has 0 heterocycles. The smallest absolute Gasteiger partial charge is 0.236 e. The number of likely N-dealkylation sites (N-methyl/N-ethyl adjacent to an activating group) is 2. The van der Waals surface area contributed by atoms with Crippen LogP contribution in [0.1, 0.15) is 45.4 Å². The van der Waals surface area contributed by atoms with Gasteiger partial charge in [-0.1, -0.05) is 19.8 Å². The summed E-state index contributed by atoms with van der Waals surface area (Å²) in [5.74, 6) is 0.965. The van der Waals surface area contributed by atoms with Crippen molar-refractivity contribution in [2.24, 2.45) is 11.7 Å². The first-order chi connectivity index (χ1) is 8.98. The minimum atomic E-state index is 0.0394. The Labute approximate surface area is 117 Å². The van der Waals surface area contributed by atoms with Crippen molar-refractivity contribution in [3.05, 3.63) is 0 Å². The molecule has 110 valence electrons. The van der Waals surface area contributed by atoms with Crippen LogP contribution >= 0.6 is 0 Å². The molecular formula is C15H29N3O. The molecule has 2 saturated carbocycles. The van der Waals surface area contributed by atoms with Gasteiger partial charge in [0.1, 0.15) is 0 Å². The van der Waals surface area contributed by atoms with Crippen LogP contribution < -0.4 is 5.73 Å². The van der Waals surface area contributed by atoms with Gasteiger partial charge in [0.2, 0.25) is 5.91 Å². The minimum absolute atomic E-state index is 0.0394. The molecule has 2 fully saturated rings. The van der Waals surface area contributed by atoms with E-state index in [1.807, 2.05) is 11.9 Å². The van der Waals surface area contributed by atoms with E-state index in [0.717, 1.165) is 18.8 Å². The van der Waals surface area contributed by atoms with Crippen molar-refractivity contribution in [1.29, 1.82) is 0 Å². The molecule has 0 aliphatic heterocycles. The zero-order valence-electron chi connectivity index (χ0n) is 12.7. The Balaban J connectivity index is 1.95. The van der Waals surface area contributed by atoms with Crippen LogP contribution in [0.25, 0.3) is 0 Å². The van der Waals surface area contributed by atoms with Gasteiger partial charge in [-0.2, -0.15) is 0 Å². The van der Waals surface area contributed by atoms with E-state index >= 15 is 0 Å². The zero-order valence-corrected chi connectivity index (χ0v) is 12.7.